The maximum absolute atomic E-state index is 13.2. The normalized spacial score (nSPS) is 18.7. The van der Waals surface area contributed by atoms with Crippen molar-refractivity contribution in [2.45, 2.75) is 39.2 Å². The first-order chi connectivity index (χ1) is 14.9. The smallest absolute Gasteiger partial charge is 0.253 e. The van der Waals surface area contributed by atoms with Gasteiger partial charge in [-0.25, -0.2) is 0 Å². The van der Waals surface area contributed by atoms with E-state index in [4.69, 9.17) is 0 Å². The van der Waals surface area contributed by atoms with Crippen LogP contribution in [0, 0.1) is 5.92 Å². The summed E-state index contributed by atoms with van der Waals surface area (Å²) >= 11 is 3.40. The Morgan fingerprint density at radius 1 is 0.935 bits per heavy atom. The van der Waals surface area contributed by atoms with E-state index in [0.717, 1.165) is 25.9 Å². The highest BCUT2D eigenvalue weighted by atomic mass is 79.9. The van der Waals surface area contributed by atoms with Crippen molar-refractivity contribution in [2.24, 2.45) is 5.92 Å². The summed E-state index contributed by atoms with van der Waals surface area (Å²) in [6, 6.07) is 6.61. The standard InChI is InChI=1S/C23H33BrN4O3/c1-17(2)21(25-22(30)18-8-4-5-9-19(18)24)23(31)28-14-12-26(13-15-28)16-20(29)27-10-6-3-7-11-27/h4-5,8-9,17,21H,3,6-7,10-16H2,1-2H3,(H,25,30). The lowest BCUT2D eigenvalue weighted by atomic mass is 10.0. The molecule has 7 nitrogen and oxygen atoms in total. The molecule has 0 bridgehead atoms. The number of rotatable bonds is 6. The maximum atomic E-state index is 13.2. The molecule has 1 aromatic rings. The number of piperidine rings is 1. The minimum Gasteiger partial charge on any atom is -0.342 e. The first kappa shape index (κ1) is 23.7. The van der Waals surface area contributed by atoms with Gasteiger partial charge in [0, 0.05) is 43.7 Å². The first-order valence-electron chi connectivity index (χ1n) is 11.2. The molecule has 2 aliphatic heterocycles. The van der Waals surface area contributed by atoms with Gasteiger partial charge < -0.3 is 15.1 Å². The van der Waals surface area contributed by atoms with Gasteiger partial charge in [-0.15, -0.1) is 0 Å². The number of hydrogen-bond acceptors (Lipinski definition) is 4. The Kier molecular flexibility index (Phi) is 8.49. The van der Waals surface area contributed by atoms with Gasteiger partial charge in [0.05, 0.1) is 12.1 Å². The van der Waals surface area contributed by atoms with Gasteiger partial charge >= 0.3 is 0 Å². The molecule has 2 heterocycles. The third kappa shape index (κ3) is 6.29. The molecule has 2 saturated heterocycles. The van der Waals surface area contributed by atoms with Crippen molar-refractivity contribution in [1.82, 2.24) is 20.0 Å². The molecule has 170 valence electrons. The Hall–Kier alpha value is -1.93. The van der Waals surface area contributed by atoms with Crippen LogP contribution >= 0.6 is 15.9 Å². The summed E-state index contributed by atoms with van der Waals surface area (Å²) in [4.78, 5) is 44.3. The number of likely N-dealkylation sites (tertiary alicyclic amines) is 1. The summed E-state index contributed by atoms with van der Waals surface area (Å²) in [7, 11) is 0. The first-order valence-corrected chi connectivity index (χ1v) is 12.0. The van der Waals surface area contributed by atoms with E-state index >= 15 is 0 Å². The lowest BCUT2D eigenvalue weighted by Crippen LogP contribution is -2.57. The van der Waals surface area contributed by atoms with Crippen LogP contribution in [0.4, 0.5) is 0 Å². The SMILES string of the molecule is CC(C)C(NC(=O)c1ccccc1Br)C(=O)N1CCN(CC(=O)N2CCCCC2)CC1. The summed E-state index contributed by atoms with van der Waals surface area (Å²) in [6.45, 7) is 8.53. The number of nitrogens with zero attached hydrogens (tertiary/aromatic N) is 3. The highest BCUT2D eigenvalue weighted by Gasteiger charge is 2.32. The van der Waals surface area contributed by atoms with Crippen LogP contribution in [0.15, 0.2) is 28.7 Å². The van der Waals surface area contributed by atoms with Gasteiger partial charge in [-0.05, 0) is 53.2 Å². The molecular weight excluding hydrogens is 460 g/mol. The number of hydrogen-bond donors (Lipinski definition) is 1. The van der Waals surface area contributed by atoms with E-state index in [1.165, 1.54) is 6.42 Å². The predicted octanol–water partition coefficient (Wildman–Crippen LogP) is 2.36. The monoisotopic (exact) mass is 492 g/mol. The minimum atomic E-state index is -0.582. The second-order valence-corrected chi connectivity index (χ2v) is 9.57. The lowest BCUT2D eigenvalue weighted by molar-refractivity contribution is -0.137. The second kappa shape index (κ2) is 11.1. The Labute approximate surface area is 193 Å². The molecule has 2 fully saturated rings. The third-order valence-corrected chi connectivity index (χ3v) is 6.78. The Morgan fingerprint density at radius 3 is 2.19 bits per heavy atom. The Morgan fingerprint density at radius 2 is 1.58 bits per heavy atom. The van der Waals surface area contributed by atoms with Crippen molar-refractivity contribution < 1.29 is 14.4 Å². The fraction of sp³-hybridized carbons (Fsp3) is 0.609. The van der Waals surface area contributed by atoms with E-state index in [-0.39, 0.29) is 23.6 Å². The van der Waals surface area contributed by atoms with Gasteiger partial charge in [-0.2, -0.15) is 0 Å². The van der Waals surface area contributed by atoms with Crippen molar-refractivity contribution in [3.8, 4) is 0 Å². The molecule has 0 radical (unpaired) electrons. The summed E-state index contributed by atoms with van der Waals surface area (Å²) in [6.07, 6.45) is 3.39. The van der Waals surface area contributed by atoms with Crippen LogP contribution in [0.2, 0.25) is 0 Å². The van der Waals surface area contributed by atoms with E-state index in [9.17, 15) is 14.4 Å². The molecular formula is C23H33BrN4O3. The molecule has 31 heavy (non-hydrogen) atoms. The van der Waals surface area contributed by atoms with E-state index < -0.39 is 6.04 Å². The molecule has 0 aromatic heterocycles. The van der Waals surface area contributed by atoms with Gasteiger partial charge in [0.1, 0.15) is 6.04 Å². The average molecular weight is 493 g/mol. The van der Waals surface area contributed by atoms with Gasteiger partial charge in [-0.3, -0.25) is 19.3 Å². The molecule has 1 N–H and O–H groups in total. The van der Waals surface area contributed by atoms with E-state index in [0.29, 0.717) is 42.8 Å². The van der Waals surface area contributed by atoms with Crippen LogP contribution in [0.3, 0.4) is 0 Å². The van der Waals surface area contributed by atoms with E-state index in [1.54, 1.807) is 12.1 Å². The topological polar surface area (TPSA) is 73.0 Å². The Bertz CT molecular complexity index is 787. The van der Waals surface area contributed by atoms with Crippen molar-refractivity contribution in [3.05, 3.63) is 34.3 Å². The van der Waals surface area contributed by atoms with Crippen LogP contribution in [-0.2, 0) is 9.59 Å². The zero-order chi connectivity index (χ0) is 22.4. The Balaban J connectivity index is 1.53. The summed E-state index contributed by atoms with van der Waals surface area (Å²) < 4.78 is 0.703. The van der Waals surface area contributed by atoms with Gasteiger partial charge in [-0.1, -0.05) is 26.0 Å². The lowest BCUT2D eigenvalue weighted by Gasteiger charge is -2.38. The highest BCUT2D eigenvalue weighted by molar-refractivity contribution is 9.10. The number of nitrogens with one attached hydrogen (secondary N) is 1. The second-order valence-electron chi connectivity index (χ2n) is 8.72. The molecule has 3 amide bonds. The number of carbonyl (C=O) groups is 3. The minimum absolute atomic E-state index is 0.0300. The van der Waals surface area contributed by atoms with Gasteiger partial charge in [0.15, 0.2) is 0 Å². The van der Waals surface area contributed by atoms with Crippen LogP contribution in [0.1, 0.15) is 43.5 Å². The number of carbonyl (C=O) groups excluding carboxylic acids is 3. The fourth-order valence-corrected chi connectivity index (χ4v) is 4.60. The highest BCUT2D eigenvalue weighted by Crippen LogP contribution is 2.17. The van der Waals surface area contributed by atoms with Gasteiger partial charge in [0.2, 0.25) is 11.8 Å². The zero-order valence-corrected chi connectivity index (χ0v) is 20.1. The summed E-state index contributed by atoms with van der Waals surface area (Å²) in [5, 5.41) is 2.92. The number of halogens is 1. The molecule has 8 heteroatoms. The molecule has 1 aromatic carbocycles. The van der Waals surface area contributed by atoms with Gasteiger partial charge in [0.25, 0.3) is 5.91 Å². The molecule has 1 atom stereocenters. The molecule has 3 rings (SSSR count). The number of piperazine rings is 1. The van der Waals surface area contributed by atoms with Crippen LogP contribution in [0.25, 0.3) is 0 Å². The zero-order valence-electron chi connectivity index (χ0n) is 18.5. The van der Waals surface area contributed by atoms with Crippen molar-refractivity contribution in [2.75, 3.05) is 45.8 Å². The molecule has 2 aliphatic rings. The van der Waals surface area contributed by atoms with Crippen molar-refractivity contribution in [1.29, 1.82) is 0 Å². The quantitative estimate of drug-likeness (QED) is 0.661. The third-order valence-electron chi connectivity index (χ3n) is 6.09. The number of amides is 3. The van der Waals surface area contributed by atoms with Crippen LogP contribution < -0.4 is 5.32 Å². The molecule has 0 spiro atoms. The summed E-state index contributed by atoms with van der Waals surface area (Å²) in [5.41, 5.74) is 0.516. The predicted molar refractivity (Wildman–Crippen MR) is 124 cm³/mol. The van der Waals surface area contributed by atoms with Crippen LogP contribution in [0.5, 0.6) is 0 Å². The molecule has 0 saturated carbocycles. The van der Waals surface area contributed by atoms with E-state index in [2.05, 4.69) is 26.1 Å². The van der Waals surface area contributed by atoms with E-state index in [1.807, 2.05) is 35.8 Å². The van der Waals surface area contributed by atoms with Crippen molar-refractivity contribution in [3.63, 3.8) is 0 Å². The largest absolute Gasteiger partial charge is 0.342 e. The number of benzene rings is 1. The van der Waals surface area contributed by atoms with Crippen molar-refractivity contribution >= 4 is 33.7 Å². The maximum Gasteiger partial charge on any atom is 0.253 e. The molecule has 0 aliphatic carbocycles. The fourth-order valence-electron chi connectivity index (χ4n) is 4.14. The molecule has 1 unspecified atom stereocenters. The van der Waals surface area contributed by atoms with Crippen LogP contribution in [-0.4, -0.2) is 84.3 Å². The average Bonchev–Trinajstić information content (AvgIpc) is 2.78. The summed E-state index contributed by atoms with van der Waals surface area (Å²) in [5.74, 6) is -0.152.